The summed E-state index contributed by atoms with van der Waals surface area (Å²) in [4.78, 5) is 4.25. The fraction of sp³-hybridized carbons (Fsp3) is 0.500. The van der Waals surface area contributed by atoms with Gasteiger partial charge in [-0.25, -0.2) is 9.67 Å². The molecule has 2 aromatic rings. The van der Waals surface area contributed by atoms with Crippen molar-refractivity contribution in [3.8, 4) is 5.75 Å². The first kappa shape index (κ1) is 10.5. The van der Waals surface area contributed by atoms with Crippen LogP contribution < -0.4 is 0 Å². The molecule has 1 unspecified atom stereocenters. The maximum Gasteiger partial charge on any atom is 0.160 e. The van der Waals surface area contributed by atoms with E-state index < -0.39 is 0 Å². The van der Waals surface area contributed by atoms with Gasteiger partial charge in [0.2, 0.25) is 0 Å². The highest BCUT2D eigenvalue weighted by Gasteiger charge is 2.20. The Kier molecular flexibility index (Phi) is 2.48. The van der Waals surface area contributed by atoms with Crippen LogP contribution in [0.25, 0.3) is 11.0 Å². The molecule has 0 saturated carbocycles. The first-order valence-electron chi connectivity index (χ1n) is 5.91. The van der Waals surface area contributed by atoms with Crippen molar-refractivity contribution >= 4 is 11.0 Å². The Morgan fingerprint density at radius 2 is 2.35 bits per heavy atom. The van der Waals surface area contributed by atoms with E-state index in [4.69, 9.17) is 4.74 Å². The number of rotatable bonds is 1. The van der Waals surface area contributed by atoms with Crippen LogP contribution in [0.3, 0.4) is 0 Å². The van der Waals surface area contributed by atoms with E-state index in [1.807, 2.05) is 11.6 Å². The lowest BCUT2D eigenvalue weighted by atomic mass is 10.2. The van der Waals surface area contributed by atoms with E-state index in [-0.39, 0.29) is 12.0 Å². The van der Waals surface area contributed by atoms with Crippen molar-refractivity contribution in [1.82, 2.24) is 14.8 Å². The summed E-state index contributed by atoms with van der Waals surface area (Å²) in [5.74, 6) is 0.171. The quantitative estimate of drug-likeness (QED) is 0.819. The van der Waals surface area contributed by atoms with Crippen LogP contribution in [0.15, 0.2) is 12.3 Å². The number of aromatic nitrogens is 3. The predicted octanol–water partition coefficient (Wildman–Crippen LogP) is 2.14. The first-order chi connectivity index (χ1) is 8.25. The molecule has 0 amide bonds. The van der Waals surface area contributed by atoms with Gasteiger partial charge in [-0.1, -0.05) is 0 Å². The standard InChI is InChI=1S/C12H15N3O2/c1-8-10-6-9(16)7-13-12(10)15(14-8)11-4-2-3-5-17-11/h6-7,11,16H,2-5H2,1H3. The third-order valence-electron chi connectivity index (χ3n) is 3.15. The zero-order chi connectivity index (χ0) is 11.8. The molecule has 0 spiro atoms. The van der Waals surface area contributed by atoms with E-state index in [2.05, 4.69) is 10.1 Å². The number of fused-ring (bicyclic) bond motifs is 1. The van der Waals surface area contributed by atoms with E-state index in [0.717, 1.165) is 42.6 Å². The van der Waals surface area contributed by atoms with Gasteiger partial charge in [0, 0.05) is 12.0 Å². The fourth-order valence-electron chi connectivity index (χ4n) is 2.28. The summed E-state index contributed by atoms with van der Waals surface area (Å²) < 4.78 is 7.55. The minimum atomic E-state index is -0.0167. The zero-order valence-corrected chi connectivity index (χ0v) is 9.76. The highest BCUT2D eigenvalue weighted by molar-refractivity contribution is 5.79. The highest BCUT2D eigenvalue weighted by Crippen LogP contribution is 2.28. The summed E-state index contributed by atoms with van der Waals surface area (Å²) in [5, 5.41) is 14.8. The molecule has 5 nitrogen and oxygen atoms in total. The molecule has 5 heteroatoms. The lowest BCUT2D eigenvalue weighted by molar-refractivity contribution is -0.0371. The third kappa shape index (κ3) is 1.76. The van der Waals surface area contributed by atoms with E-state index in [1.165, 1.54) is 6.20 Å². The molecule has 1 N–H and O–H groups in total. The van der Waals surface area contributed by atoms with Gasteiger partial charge in [-0.15, -0.1) is 0 Å². The average Bonchev–Trinajstić information content (AvgIpc) is 2.68. The average molecular weight is 233 g/mol. The van der Waals surface area contributed by atoms with Gasteiger partial charge >= 0.3 is 0 Å². The van der Waals surface area contributed by atoms with Gasteiger partial charge in [0.15, 0.2) is 11.9 Å². The van der Waals surface area contributed by atoms with Crippen molar-refractivity contribution in [3.63, 3.8) is 0 Å². The van der Waals surface area contributed by atoms with Crippen molar-refractivity contribution in [2.75, 3.05) is 6.61 Å². The van der Waals surface area contributed by atoms with Crippen molar-refractivity contribution < 1.29 is 9.84 Å². The molecule has 90 valence electrons. The third-order valence-corrected chi connectivity index (χ3v) is 3.15. The number of aromatic hydroxyl groups is 1. The molecule has 0 bridgehead atoms. The van der Waals surface area contributed by atoms with Crippen molar-refractivity contribution in [1.29, 1.82) is 0 Å². The summed E-state index contributed by atoms with van der Waals surface area (Å²) in [6.07, 6.45) is 4.67. The number of pyridine rings is 1. The van der Waals surface area contributed by atoms with Crippen LogP contribution in [0.1, 0.15) is 31.2 Å². The summed E-state index contributed by atoms with van der Waals surface area (Å²) in [7, 11) is 0. The second-order valence-corrected chi connectivity index (χ2v) is 4.42. The highest BCUT2D eigenvalue weighted by atomic mass is 16.5. The van der Waals surface area contributed by atoms with Crippen molar-refractivity contribution in [3.05, 3.63) is 18.0 Å². The molecule has 0 radical (unpaired) electrons. The molecule has 1 aliphatic heterocycles. The Balaban J connectivity index is 2.10. The van der Waals surface area contributed by atoms with E-state index >= 15 is 0 Å². The van der Waals surface area contributed by atoms with Crippen LogP contribution >= 0.6 is 0 Å². The van der Waals surface area contributed by atoms with Crippen LogP contribution in [0.2, 0.25) is 0 Å². The van der Waals surface area contributed by atoms with Gasteiger partial charge in [-0.3, -0.25) is 0 Å². The fourth-order valence-corrected chi connectivity index (χ4v) is 2.28. The SMILES string of the molecule is Cc1nn(C2CCCCO2)c2ncc(O)cc12. The molecule has 17 heavy (non-hydrogen) atoms. The van der Waals surface area contributed by atoms with Crippen LogP contribution in [0.4, 0.5) is 0 Å². The van der Waals surface area contributed by atoms with Crippen molar-refractivity contribution in [2.24, 2.45) is 0 Å². The van der Waals surface area contributed by atoms with Gasteiger partial charge < -0.3 is 9.84 Å². The van der Waals surface area contributed by atoms with Gasteiger partial charge in [-0.2, -0.15) is 5.10 Å². The monoisotopic (exact) mass is 233 g/mol. The van der Waals surface area contributed by atoms with Gasteiger partial charge in [0.1, 0.15) is 5.75 Å². The molecule has 3 rings (SSSR count). The number of hydrogen-bond acceptors (Lipinski definition) is 4. The second-order valence-electron chi connectivity index (χ2n) is 4.42. The molecular formula is C12H15N3O2. The number of ether oxygens (including phenoxy) is 1. The second kappa shape index (κ2) is 4.00. The maximum atomic E-state index is 9.44. The topological polar surface area (TPSA) is 60.2 Å². The van der Waals surface area contributed by atoms with Crippen LogP contribution in [-0.4, -0.2) is 26.5 Å². The van der Waals surface area contributed by atoms with Crippen LogP contribution in [0.5, 0.6) is 5.75 Å². The largest absolute Gasteiger partial charge is 0.506 e. The lowest BCUT2D eigenvalue weighted by Crippen LogP contribution is -2.19. The van der Waals surface area contributed by atoms with E-state index in [1.54, 1.807) is 6.07 Å². The number of nitrogens with zero attached hydrogens (tertiary/aromatic N) is 3. The molecule has 1 atom stereocenters. The summed E-state index contributed by atoms with van der Waals surface area (Å²) in [5.41, 5.74) is 1.66. The molecule has 0 aromatic carbocycles. The Bertz CT molecular complexity index is 544. The summed E-state index contributed by atoms with van der Waals surface area (Å²) in [6, 6.07) is 1.70. The smallest absolute Gasteiger partial charge is 0.160 e. The molecular weight excluding hydrogens is 218 g/mol. The van der Waals surface area contributed by atoms with Gasteiger partial charge in [0.25, 0.3) is 0 Å². The first-order valence-corrected chi connectivity index (χ1v) is 5.91. The van der Waals surface area contributed by atoms with Crippen LogP contribution in [0, 0.1) is 6.92 Å². The molecule has 0 aliphatic carbocycles. The van der Waals surface area contributed by atoms with Crippen molar-refractivity contribution in [2.45, 2.75) is 32.4 Å². The Morgan fingerprint density at radius 1 is 1.47 bits per heavy atom. The molecule has 2 aromatic heterocycles. The summed E-state index contributed by atoms with van der Waals surface area (Å²) in [6.45, 7) is 2.70. The van der Waals surface area contributed by atoms with Crippen LogP contribution in [-0.2, 0) is 4.74 Å². The summed E-state index contributed by atoms with van der Waals surface area (Å²) >= 11 is 0. The van der Waals surface area contributed by atoms with E-state index in [0.29, 0.717) is 0 Å². The molecule has 1 saturated heterocycles. The zero-order valence-electron chi connectivity index (χ0n) is 9.76. The van der Waals surface area contributed by atoms with Gasteiger partial charge in [-0.05, 0) is 32.3 Å². The minimum absolute atomic E-state index is 0.0167. The number of hydrogen-bond donors (Lipinski definition) is 1. The molecule has 1 aliphatic rings. The Hall–Kier alpha value is -1.62. The molecule has 1 fully saturated rings. The predicted molar refractivity (Wildman–Crippen MR) is 62.8 cm³/mol. The number of aryl methyl sites for hydroxylation is 1. The van der Waals surface area contributed by atoms with E-state index in [9.17, 15) is 5.11 Å². The normalized spacial score (nSPS) is 20.9. The Morgan fingerprint density at radius 3 is 3.12 bits per heavy atom. The lowest BCUT2D eigenvalue weighted by Gasteiger charge is -2.22. The molecule has 3 heterocycles. The minimum Gasteiger partial charge on any atom is -0.506 e. The maximum absolute atomic E-state index is 9.44. The Labute approximate surface area is 99.0 Å². The van der Waals surface area contributed by atoms with Gasteiger partial charge in [0.05, 0.1) is 11.9 Å².